The van der Waals surface area contributed by atoms with Gasteiger partial charge in [0.2, 0.25) is 0 Å². The van der Waals surface area contributed by atoms with Crippen LogP contribution in [-0.2, 0) is 16.1 Å². The van der Waals surface area contributed by atoms with E-state index < -0.39 is 24.1 Å². The van der Waals surface area contributed by atoms with E-state index in [1.165, 1.54) is 26.9 Å². The molecule has 0 radical (unpaired) electrons. The molecule has 0 aromatic heterocycles. The minimum absolute atomic E-state index is 1.23. The van der Waals surface area contributed by atoms with Gasteiger partial charge in [0.15, 0.2) is 0 Å². The molecule has 0 saturated heterocycles. The Morgan fingerprint density at radius 1 is 1.22 bits per heavy atom. The van der Waals surface area contributed by atoms with Crippen molar-refractivity contribution in [2.45, 2.75) is 60.8 Å². The summed E-state index contributed by atoms with van der Waals surface area (Å²) in [5.41, 5.74) is 0. The van der Waals surface area contributed by atoms with Gasteiger partial charge in [0.25, 0.3) is 0 Å². The van der Waals surface area contributed by atoms with Crippen LogP contribution in [0.1, 0.15) is 27.2 Å². The third kappa shape index (κ3) is 2.99. The number of allylic oxidation sites excluding steroid dienone is 5. The van der Waals surface area contributed by atoms with Gasteiger partial charge in [0.1, 0.15) is 0 Å². The number of hydrogen-bond acceptors (Lipinski definition) is 0. The fourth-order valence-corrected chi connectivity index (χ4v) is 17.7. The molecule has 0 heterocycles. The van der Waals surface area contributed by atoms with Gasteiger partial charge < -0.3 is 0 Å². The van der Waals surface area contributed by atoms with Gasteiger partial charge in [0.05, 0.1) is 0 Å². The number of rotatable bonds is 7. The van der Waals surface area contributed by atoms with Gasteiger partial charge in [-0.1, -0.05) is 0 Å². The molecule has 0 unspecified atom stereocenters. The van der Waals surface area contributed by atoms with Gasteiger partial charge in [-0.05, 0) is 0 Å². The average molecular weight is 446 g/mol. The maximum atomic E-state index is 3.97. The van der Waals surface area contributed by atoms with E-state index in [0.717, 1.165) is 0 Å². The van der Waals surface area contributed by atoms with Crippen LogP contribution in [-0.4, -0.2) is 8.07 Å². The van der Waals surface area contributed by atoms with Crippen molar-refractivity contribution in [2.24, 2.45) is 0 Å². The SMILES string of the molecule is C=CC[Si](C)(C)C1=[C]([Pt]([CH2]C)([CH2]C)[CH2]C)CC=C1. The quantitative estimate of drug-likeness (QED) is 0.328. The van der Waals surface area contributed by atoms with E-state index in [1.807, 2.05) is 3.96 Å². The Labute approximate surface area is 118 Å². The summed E-state index contributed by atoms with van der Waals surface area (Å²) in [6.45, 7) is 16.3. The summed E-state index contributed by atoms with van der Waals surface area (Å²) in [6.07, 6.45) is 8.32. The predicted molar refractivity (Wildman–Crippen MR) is 84.7 cm³/mol. The van der Waals surface area contributed by atoms with E-state index in [9.17, 15) is 0 Å². The molecule has 108 valence electrons. The van der Waals surface area contributed by atoms with Gasteiger partial charge in [-0.25, -0.2) is 0 Å². The molecule has 0 bridgehead atoms. The molecule has 0 N–H and O–H groups in total. The Balaban J connectivity index is 3.23. The van der Waals surface area contributed by atoms with E-state index in [-0.39, 0.29) is 0 Å². The van der Waals surface area contributed by atoms with E-state index in [4.69, 9.17) is 0 Å². The molecule has 1 rings (SSSR count). The summed E-state index contributed by atoms with van der Waals surface area (Å²) in [6, 6.07) is 1.23. The van der Waals surface area contributed by atoms with Crippen LogP contribution < -0.4 is 0 Å². The molecular weight excluding hydrogens is 415 g/mol. The van der Waals surface area contributed by atoms with E-state index in [1.54, 1.807) is 5.20 Å². The first-order valence-electron chi connectivity index (χ1n) is 7.00. The average Bonchev–Trinajstić information content (AvgIpc) is 2.83. The van der Waals surface area contributed by atoms with Crippen molar-refractivity contribution >= 4 is 8.07 Å². The van der Waals surface area contributed by atoms with Gasteiger partial charge in [-0.2, -0.15) is 0 Å². The van der Waals surface area contributed by atoms with Gasteiger partial charge in [-0.15, -0.1) is 0 Å². The molecule has 0 aromatic rings. The van der Waals surface area contributed by atoms with Crippen molar-refractivity contribution in [3.8, 4) is 0 Å². The van der Waals surface area contributed by atoms with Crippen LogP contribution in [0.3, 0.4) is 0 Å². The summed E-state index contributed by atoms with van der Waals surface area (Å²) in [5, 5.41) is 1.80. The first-order chi connectivity index (χ1) is 8.47. The maximum absolute atomic E-state index is 3.97. The van der Waals surface area contributed by atoms with E-state index in [2.05, 4.69) is 58.7 Å². The number of hydrogen-bond donors (Lipinski definition) is 0. The fraction of sp³-hybridized carbons (Fsp3) is 0.625. The van der Waals surface area contributed by atoms with Gasteiger partial charge in [-0.3, -0.25) is 0 Å². The van der Waals surface area contributed by atoms with Crippen molar-refractivity contribution in [3.05, 3.63) is 34.0 Å². The molecule has 2 heteroatoms. The second-order valence-corrected chi connectivity index (χ2v) is 22.0. The Morgan fingerprint density at radius 2 is 1.78 bits per heavy atom. The molecule has 0 amide bonds. The van der Waals surface area contributed by atoms with Crippen molar-refractivity contribution in [1.82, 2.24) is 0 Å². The zero-order chi connectivity index (χ0) is 13.8. The van der Waals surface area contributed by atoms with Crippen LogP contribution in [0.15, 0.2) is 34.0 Å². The Hall–Kier alpha value is 0.125. The summed E-state index contributed by atoms with van der Waals surface area (Å²) in [5.74, 6) is 0. The van der Waals surface area contributed by atoms with Crippen molar-refractivity contribution in [3.63, 3.8) is 0 Å². The molecule has 1 aliphatic rings. The van der Waals surface area contributed by atoms with Crippen LogP contribution in [0.25, 0.3) is 0 Å². The molecule has 0 spiro atoms. The van der Waals surface area contributed by atoms with Crippen molar-refractivity contribution in [1.29, 1.82) is 0 Å². The third-order valence-corrected chi connectivity index (χ3v) is 20.9. The van der Waals surface area contributed by atoms with E-state index >= 15 is 0 Å². The standard InChI is InChI=1S/C10H15Si.3C2H5.Pt/c1-4-9-11(2,3)10-7-5-6-8-10;3*1-2;/h4-5,7H,1,6,9H2,2-3H3;3*1H2,2H3;. The molecule has 1 aliphatic carbocycles. The first kappa shape index (κ1) is 16.2. The predicted octanol–water partition coefficient (Wildman–Crippen LogP) is 6.10. The van der Waals surface area contributed by atoms with Crippen LogP contribution >= 0.6 is 0 Å². The Morgan fingerprint density at radius 3 is 2.22 bits per heavy atom. The van der Waals surface area contributed by atoms with Crippen molar-refractivity contribution < 1.29 is 16.1 Å². The third-order valence-electron chi connectivity index (χ3n) is 3.92. The first-order valence-corrected chi connectivity index (χ1v) is 16.2. The summed E-state index contributed by atoms with van der Waals surface area (Å²) in [4.78, 5) is 4.37. The normalized spacial score (nSPS) is 17.4. The van der Waals surface area contributed by atoms with Crippen LogP contribution in [0.2, 0.25) is 33.6 Å². The van der Waals surface area contributed by atoms with Crippen LogP contribution in [0.4, 0.5) is 0 Å². The van der Waals surface area contributed by atoms with Crippen molar-refractivity contribution in [2.75, 3.05) is 0 Å². The molecule has 0 aliphatic heterocycles. The van der Waals surface area contributed by atoms with E-state index in [0.29, 0.717) is 0 Å². The monoisotopic (exact) mass is 445 g/mol. The molecule has 0 nitrogen and oxygen atoms in total. The second kappa shape index (κ2) is 6.52. The Kier molecular flexibility index (Phi) is 5.86. The van der Waals surface area contributed by atoms with Crippen LogP contribution in [0, 0.1) is 0 Å². The topological polar surface area (TPSA) is 0 Å². The fourth-order valence-electron chi connectivity index (χ4n) is 2.71. The summed E-state index contributed by atoms with van der Waals surface area (Å²) in [7, 11) is -1.27. The minimum atomic E-state index is -1.65. The zero-order valence-corrected chi connectivity index (χ0v) is 16.1. The molecule has 0 atom stereocenters. The van der Waals surface area contributed by atoms with Gasteiger partial charge in [0, 0.05) is 0 Å². The molecule has 0 saturated carbocycles. The Bertz CT molecular complexity index is 351. The molecular formula is C16H30PtSi. The second-order valence-electron chi connectivity index (χ2n) is 5.25. The van der Waals surface area contributed by atoms with Gasteiger partial charge >= 0.3 is 119 Å². The zero-order valence-electron chi connectivity index (χ0n) is 12.8. The summed E-state index contributed by atoms with van der Waals surface area (Å²) < 4.78 is 1.94. The molecule has 18 heavy (non-hydrogen) atoms. The molecule has 0 fully saturated rings. The summed E-state index contributed by atoms with van der Waals surface area (Å²) >= 11 is -1.65. The van der Waals surface area contributed by atoms with Crippen LogP contribution in [0.5, 0.6) is 0 Å². The molecule has 0 aromatic carbocycles.